The lowest BCUT2D eigenvalue weighted by Crippen LogP contribution is -2.38. The first-order chi connectivity index (χ1) is 17.7. The van der Waals surface area contributed by atoms with Crippen LogP contribution < -0.4 is 14.8 Å². The summed E-state index contributed by atoms with van der Waals surface area (Å²) < 4.78 is 48.9. The third kappa shape index (κ3) is 5.87. The molecule has 0 saturated carbocycles. The van der Waals surface area contributed by atoms with Gasteiger partial charge in [-0.05, 0) is 72.9 Å². The second-order valence-corrected chi connectivity index (χ2v) is 8.76. The molecule has 0 atom stereocenters. The standard InChI is InChI=1S/C28H27F3N2O4/c1-36-23-4-3-5-24(37-2)25(23)27(35)33-16-14-19(15-17-33)18-8-12-22(13-9-18)32-26(34)20-6-10-21(11-7-20)28(29,30)31/h3-13,19H,14-17H2,1-2H3,(H,32,34). The maximum Gasteiger partial charge on any atom is 0.416 e. The molecule has 1 aliphatic rings. The topological polar surface area (TPSA) is 67.9 Å². The number of methoxy groups -OCH3 is 2. The molecule has 1 aliphatic heterocycles. The van der Waals surface area contributed by atoms with Gasteiger partial charge in [-0.2, -0.15) is 13.2 Å². The van der Waals surface area contributed by atoms with Crippen LogP contribution in [0.2, 0.25) is 0 Å². The molecule has 2 amide bonds. The molecule has 1 fully saturated rings. The fraction of sp³-hybridized carbons (Fsp3) is 0.286. The first-order valence-electron chi connectivity index (χ1n) is 11.8. The van der Waals surface area contributed by atoms with E-state index in [9.17, 15) is 22.8 Å². The Morgan fingerprint density at radius 1 is 0.865 bits per heavy atom. The highest BCUT2D eigenvalue weighted by atomic mass is 19.4. The lowest BCUT2D eigenvalue weighted by Gasteiger charge is -2.33. The average Bonchev–Trinajstić information content (AvgIpc) is 2.92. The molecule has 1 heterocycles. The molecular formula is C28H27F3N2O4. The van der Waals surface area contributed by atoms with Gasteiger partial charge in [-0.1, -0.05) is 18.2 Å². The number of hydrogen-bond acceptors (Lipinski definition) is 4. The molecule has 1 saturated heterocycles. The zero-order chi connectivity index (χ0) is 26.6. The Morgan fingerprint density at radius 2 is 1.43 bits per heavy atom. The number of piperidine rings is 1. The number of carbonyl (C=O) groups is 2. The summed E-state index contributed by atoms with van der Waals surface area (Å²) in [6, 6.07) is 16.7. The highest BCUT2D eigenvalue weighted by molar-refractivity contribution is 6.04. The van der Waals surface area contributed by atoms with E-state index in [1.807, 2.05) is 12.1 Å². The minimum absolute atomic E-state index is 0.130. The van der Waals surface area contributed by atoms with E-state index in [1.165, 1.54) is 14.2 Å². The highest BCUT2D eigenvalue weighted by Gasteiger charge is 2.30. The summed E-state index contributed by atoms with van der Waals surface area (Å²) in [7, 11) is 3.04. The molecule has 9 heteroatoms. The molecule has 6 nitrogen and oxygen atoms in total. The van der Waals surface area contributed by atoms with Gasteiger partial charge in [-0.15, -0.1) is 0 Å². The number of carbonyl (C=O) groups excluding carboxylic acids is 2. The number of amides is 2. The average molecular weight is 513 g/mol. The van der Waals surface area contributed by atoms with E-state index in [4.69, 9.17) is 9.47 Å². The van der Waals surface area contributed by atoms with Gasteiger partial charge in [0.15, 0.2) is 0 Å². The third-order valence-electron chi connectivity index (χ3n) is 6.54. The first-order valence-corrected chi connectivity index (χ1v) is 11.8. The van der Waals surface area contributed by atoms with Gasteiger partial charge < -0.3 is 19.7 Å². The Balaban J connectivity index is 1.35. The van der Waals surface area contributed by atoms with Crippen molar-refractivity contribution in [1.82, 2.24) is 4.90 Å². The summed E-state index contributed by atoms with van der Waals surface area (Å²) in [6.07, 6.45) is -2.89. The predicted octanol–water partition coefficient (Wildman–Crippen LogP) is 5.99. The number of anilines is 1. The molecule has 37 heavy (non-hydrogen) atoms. The van der Waals surface area contributed by atoms with Crippen molar-refractivity contribution in [2.75, 3.05) is 32.6 Å². The van der Waals surface area contributed by atoms with E-state index in [-0.39, 0.29) is 17.4 Å². The molecule has 0 aliphatic carbocycles. The second-order valence-electron chi connectivity index (χ2n) is 8.76. The Kier molecular flexibility index (Phi) is 7.71. The van der Waals surface area contributed by atoms with Crippen molar-refractivity contribution in [3.8, 4) is 11.5 Å². The number of ether oxygens (including phenoxy) is 2. The van der Waals surface area contributed by atoms with Crippen molar-refractivity contribution in [2.45, 2.75) is 24.9 Å². The van der Waals surface area contributed by atoms with Gasteiger partial charge in [0.05, 0.1) is 19.8 Å². The summed E-state index contributed by atoms with van der Waals surface area (Å²) >= 11 is 0. The molecule has 0 radical (unpaired) electrons. The Bertz CT molecular complexity index is 1230. The monoisotopic (exact) mass is 512 g/mol. The molecule has 1 N–H and O–H groups in total. The minimum Gasteiger partial charge on any atom is -0.496 e. The fourth-order valence-corrected chi connectivity index (χ4v) is 4.49. The van der Waals surface area contributed by atoms with Gasteiger partial charge in [0.25, 0.3) is 11.8 Å². The van der Waals surface area contributed by atoms with E-state index in [0.717, 1.165) is 42.7 Å². The van der Waals surface area contributed by atoms with Crippen LogP contribution in [0.25, 0.3) is 0 Å². The number of nitrogens with one attached hydrogen (secondary N) is 1. The smallest absolute Gasteiger partial charge is 0.416 e. The van der Waals surface area contributed by atoms with Crippen LogP contribution in [-0.4, -0.2) is 44.0 Å². The number of hydrogen-bond donors (Lipinski definition) is 1. The molecule has 0 aromatic heterocycles. The van der Waals surface area contributed by atoms with Crippen LogP contribution in [0.4, 0.5) is 18.9 Å². The molecule has 3 aromatic carbocycles. The van der Waals surface area contributed by atoms with Crippen LogP contribution in [0.5, 0.6) is 11.5 Å². The predicted molar refractivity (Wildman–Crippen MR) is 133 cm³/mol. The normalized spacial score (nSPS) is 14.2. The van der Waals surface area contributed by atoms with Crippen molar-refractivity contribution < 1.29 is 32.2 Å². The van der Waals surface area contributed by atoms with Crippen LogP contribution in [0.1, 0.15) is 50.6 Å². The van der Waals surface area contributed by atoms with Crippen LogP contribution in [-0.2, 0) is 6.18 Å². The van der Waals surface area contributed by atoms with Crippen molar-refractivity contribution >= 4 is 17.5 Å². The van der Waals surface area contributed by atoms with Crippen LogP contribution >= 0.6 is 0 Å². The van der Waals surface area contributed by atoms with E-state index in [2.05, 4.69) is 5.32 Å². The fourth-order valence-electron chi connectivity index (χ4n) is 4.49. The number of alkyl halides is 3. The number of halogens is 3. The molecule has 0 spiro atoms. The summed E-state index contributed by atoms with van der Waals surface area (Å²) in [5.74, 6) is 0.582. The molecule has 194 valence electrons. The minimum atomic E-state index is -4.45. The Morgan fingerprint density at radius 3 is 1.95 bits per heavy atom. The molecule has 4 rings (SSSR count). The molecule has 0 unspecified atom stereocenters. The number of benzene rings is 3. The van der Waals surface area contributed by atoms with Crippen molar-refractivity contribution in [2.24, 2.45) is 0 Å². The Hall–Kier alpha value is -4.01. The van der Waals surface area contributed by atoms with Crippen LogP contribution in [0, 0.1) is 0 Å². The van der Waals surface area contributed by atoms with Gasteiger partial charge in [-0.25, -0.2) is 0 Å². The zero-order valence-electron chi connectivity index (χ0n) is 20.5. The summed E-state index contributed by atoms with van der Waals surface area (Å²) in [5.41, 5.74) is 1.39. The number of nitrogens with zero attached hydrogens (tertiary/aromatic N) is 1. The number of likely N-dealkylation sites (tertiary alicyclic amines) is 1. The zero-order valence-corrected chi connectivity index (χ0v) is 20.5. The Labute approximate surface area is 213 Å². The third-order valence-corrected chi connectivity index (χ3v) is 6.54. The number of rotatable bonds is 6. The van der Waals surface area contributed by atoms with Crippen molar-refractivity contribution in [3.63, 3.8) is 0 Å². The van der Waals surface area contributed by atoms with Gasteiger partial charge in [0.1, 0.15) is 17.1 Å². The highest BCUT2D eigenvalue weighted by Crippen LogP contribution is 2.34. The SMILES string of the molecule is COc1cccc(OC)c1C(=O)N1CCC(c2ccc(NC(=O)c3ccc(C(F)(F)F)cc3)cc2)CC1. The van der Waals surface area contributed by atoms with Gasteiger partial charge in [0.2, 0.25) is 0 Å². The van der Waals surface area contributed by atoms with Crippen molar-refractivity contribution in [3.05, 3.63) is 89.0 Å². The maximum atomic E-state index is 13.2. The van der Waals surface area contributed by atoms with Crippen LogP contribution in [0.3, 0.4) is 0 Å². The van der Waals surface area contributed by atoms with Gasteiger partial charge >= 0.3 is 6.18 Å². The quantitative estimate of drug-likeness (QED) is 0.440. The second kappa shape index (κ2) is 10.9. The van der Waals surface area contributed by atoms with Gasteiger partial charge in [0, 0.05) is 24.3 Å². The summed E-state index contributed by atoms with van der Waals surface area (Å²) in [6.45, 7) is 1.16. The van der Waals surface area contributed by atoms with Gasteiger partial charge in [-0.3, -0.25) is 9.59 Å². The largest absolute Gasteiger partial charge is 0.496 e. The first kappa shape index (κ1) is 26.1. The molecule has 3 aromatic rings. The van der Waals surface area contributed by atoms with Crippen molar-refractivity contribution in [1.29, 1.82) is 0 Å². The molecular weight excluding hydrogens is 485 g/mol. The maximum absolute atomic E-state index is 13.2. The summed E-state index contributed by atoms with van der Waals surface area (Å²) in [4.78, 5) is 27.4. The van der Waals surface area contributed by atoms with E-state index < -0.39 is 17.6 Å². The van der Waals surface area contributed by atoms with E-state index >= 15 is 0 Å². The summed E-state index contributed by atoms with van der Waals surface area (Å²) in [5, 5.41) is 2.71. The van der Waals surface area contributed by atoms with E-state index in [1.54, 1.807) is 35.2 Å². The molecule has 0 bridgehead atoms. The lowest BCUT2D eigenvalue weighted by molar-refractivity contribution is -0.137. The van der Waals surface area contributed by atoms with Crippen LogP contribution in [0.15, 0.2) is 66.7 Å². The van der Waals surface area contributed by atoms with E-state index in [0.29, 0.717) is 35.8 Å². The lowest BCUT2D eigenvalue weighted by atomic mass is 9.89.